The minimum absolute atomic E-state index is 0.767. The summed E-state index contributed by atoms with van der Waals surface area (Å²) in [6.07, 6.45) is 0. The second-order valence-corrected chi connectivity index (χ2v) is 4.17. The number of benzene rings is 2. The number of halogens is 2. The van der Waals surface area contributed by atoms with Crippen molar-refractivity contribution < 1.29 is 0 Å². The topological polar surface area (TPSA) is 0 Å². The Morgan fingerprint density at radius 1 is 1.07 bits per heavy atom. The number of rotatable bonds is 1. The summed E-state index contributed by atoms with van der Waals surface area (Å²) < 4.78 is 0.952. The molecular formula is C12H7BrCl. The first kappa shape index (κ1) is 9.75. The molecule has 0 saturated heterocycles. The minimum Gasteiger partial charge on any atom is -0.0837 e. The molecule has 69 valence electrons. The molecule has 0 N–H and O–H groups in total. The largest absolute Gasteiger partial charge is 0.0837 e. The highest BCUT2D eigenvalue weighted by atomic mass is 79.9. The van der Waals surface area contributed by atoms with E-state index in [1.807, 2.05) is 42.5 Å². The van der Waals surface area contributed by atoms with Gasteiger partial charge in [0.2, 0.25) is 0 Å². The Kier molecular flexibility index (Phi) is 2.90. The van der Waals surface area contributed by atoms with E-state index in [4.69, 9.17) is 11.6 Å². The predicted molar refractivity (Wildman–Crippen MR) is 63.4 cm³/mol. The Morgan fingerprint density at radius 2 is 1.86 bits per heavy atom. The van der Waals surface area contributed by atoms with Crippen molar-refractivity contribution in [3.8, 4) is 11.1 Å². The van der Waals surface area contributed by atoms with Gasteiger partial charge in [-0.05, 0) is 29.8 Å². The van der Waals surface area contributed by atoms with E-state index in [1.54, 1.807) is 0 Å². The van der Waals surface area contributed by atoms with Crippen LogP contribution in [0, 0.1) is 6.07 Å². The SMILES string of the molecule is Clc1ccccc1-c1c[c]c(Br)cc1. The van der Waals surface area contributed by atoms with Crippen molar-refractivity contribution in [3.05, 3.63) is 58.0 Å². The van der Waals surface area contributed by atoms with Gasteiger partial charge in [-0.15, -0.1) is 0 Å². The first-order valence-corrected chi connectivity index (χ1v) is 5.36. The molecule has 0 spiro atoms. The van der Waals surface area contributed by atoms with Crippen LogP contribution in [0.1, 0.15) is 0 Å². The van der Waals surface area contributed by atoms with E-state index in [2.05, 4.69) is 22.0 Å². The molecule has 0 nitrogen and oxygen atoms in total. The van der Waals surface area contributed by atoms with Gasteiger partial charge in [0.15, 0.2) is 0 Å². The lowest BCUT2D eigenvalue weighted by molar-refractivity contribution is 1.58. The zero-order chi connectivity index (χ0) is 9.97. The van der Waals surface area contributed by atoms with Gasteiger partial charge in [0.25, 0.3) is 0 Å². The molecule has 1 radical (unpaired) electrons. The summed E-state index contributed by atoms with van der Waals surface area (Å²) in [5.41, 5.74) is 2.12. The molecule has 0 amide bonds. The Balaban J connectivity index is 2.50. The smallest absolute Gasteiger partial charge is 0.0484 e. The fraction of sp³-hybridized carbons (Fsp3) is 0. The van der Waals surface area contributed by atoms with Crippen LogP contribution in [-0.4, -0.2) is 0 Å². The third kappa shape index (κ3) is 1.99. The zero-order valence-electron chi connectivity index (χ0n) is 7.30. The van der Waals surface area contributed by atoms with Crippen LogP contribution in [0.2, 0.25) is 5.02 Å². The molecule has 0 aliphatic heterocycles. The number of hydrogen-bond acceptors (Lipinski definition) is 0. The van der Waals surface area contributed by atoms with E-state index in [9.17, 15) is 0 Å². The van der Waals surface area contributed by atoms with Gasteiger partial charge in [-0.3, -0.25) is 0 Å². The molecule has 0 aromatic heterocycles. The van der Waals surface area contributed by atoms with Gasteiger partial charge >= 0.3 is 0 Å². The highest BCUT2D eigenvalue weighted by Crippen LogP contribution is 2.27. The van der Waals surface area contributed by atoms with Crippen LogP contribution in [0.15, 0.2) is 46.9 Å². The van der Waals surface area contributed by atoms with Gasteiger partial charge in [0, 0.05) is 15.1 Å². The quantitative estimate of drug-likeness (QED) is 0.709. The van der Waals surface area contributed by atoms with Crippen LogP contribution < -0.4 is 0 Å². The summed E-state index contributed by atoms with van der Waals surface area (Å²) in [7, 11) is 0. The second kappa shape index (κ2) is 4.16. The van der Waals surface area contributed by atoms with Crippen LogP contribution in [0.5, 0.6) is 0 Å². The minimum atomic E-state index is 0.767. The molecule has 0 bridgehead atoms. The second-order valence-electron chi connectivity index (χ2n) is 2.91. The van der Waals surface area contributed by atoms with Crippen LogP contribution in [0.4, 0.5) is 0 Å². The standard InChI is InChI=1S/C12H7BrCl/c13-10-7-5-9(6-8-10)11-3-1-2-4-12(11)14/h1-7H. The fourth-order valence-electron chi connectivity index (χ4n) is 1.27. The summed E-state index contributed by atoms with van der Waals surface area (Å²) in [4.78, 5) is 0. The fourth-order valence-corrected chi connectivity index (χ4v) is 1.76. The predicted octanol–water partition coefficient (Wildman–Crippen LogP) is 4.57. The van der Waals surface area contributed by atoms with E-state index in [0.717, 1.165) is 20.6 Å². The average molecular weight is 267 g/mol. The maximum atomic E-state index is 6.07. The lowest BCUT2D eigenvalue weighted by atomic mass is 10.1. The number of hydrogen-bond donors (Lipinski definition) is 0. The molecule has 14 heavy (non-hydrogen) atoms. The molecule has 2 rings (SSSR count). The van der Waals surface area contributed by atoms with Crippen molar-refractivity contribution in [1.29, 1.82) is 0 Å². The van der Waals surface area contributed by atoms with Crippen LogP contribution in [0.25, 0.3) is 11.1 Å². The van der Waals surface area contributed by atoms with E-state index >= 15 is 0 Å². The average Bonchev–Trinajstić information content (AvgIpc) is 2.20. The van der Waals surface area contributed by atoms with Crippen LogP contribution >= 0.6 is 27.5 Å². The van der Waals surface area contributed by atoms with Crippen LogP contribution in [0.3, 0.4) is 0 Å². The Hall–Kier alpha value is -0.790. The van der Waals surface area contributed by atoms with E-state index in [1.165, 1.54) is 0 Å². The molecule has 2 aromatic rings. The lowest BCUT2D eigenvalue weighted by Crippen LogP contribution is -1.78. The van der Waals surface area contributed by atoms with Gasteiger partial charge < -0.3 is 0 Å². The molecule has 0 aliphatic carbocycles. The maximum absolute atomic E-state index is 6.07. The Bertz CT molecular complexity index is 434. The van der Waals surface area contributed by atoms with E-state index in [-0.39, 0.29) is 0 Å². The molecule has 2 aromatic carbocycles. The maximum Gasteiger partial charge on any atom is 0.0484 e. The van der Waals surface area contributed by atoms with Gasteiger partial charge in [0.1, 0.15) is 0 Å². The molecule has 0 heterocycles. The van der Waals surface area contributed by atoms with Crippen molar-refractivity contribution in [2.75, 3.05) is 0 Å². The van der Waals surface area contributed by atoms with Crippen molar-refractivity contribution in [3.63, 3.8) is 0 Å². The van der Waals surface area contributed by atoms with Crippen molar-refractivity contribution >= 4 is 27.5 Å². The van der Waals surface area contributed by atoms with Gasteiger partial charge in [-0.25, -0.2) is 0 Å². The summed E-state index contributed by atoms with van der Waals surface area (Å²) in [5, 5.41) is 0.767. The molecular weight excluding hydrogens is 259 g/mol. The van der Waals surface area contributed by atoms with E-state index in [0.29, 0.717) is 0 Å². The summed E-state index contributed by atoms with van der Waals surface area (Å²) in [6, 6.07) is 16.8. The first-order valence-electron chi connectivity index (χ1n) is 4.19. The highest BCUT2D eigenvalue weighted by molar-refractivity contribution is 9.10. The molecule has 0 atom stereocenters. The van der Waals surface area contributed by atoms with Gasteiger partial charge in [-0.1, -0.05) is 51.8 Å². The van der Waals surface area contributed by atoms with E-state index < -0.39 is 0 Å². The summed E-state index contributed by atoms with van der Waals surface area (Å²) in [5.74, 6) is 0. The summed E-state index contributed by atoms with van der Waals surface area (Å²) in [6.45, 7) is 0. The molecule has 0 unspecified atom stereocenters. The van der Waals surface area contributed by atoms with Crippen molar-refractivity contribution in [2.45, 2.75) is 0 Å². The molecule has 0 saturated carbocycles. The third-order valence-corrected chi connectivity index (χ3v) is 2.78. The molecule has 0 aliphatic rings. The zero-order valence-corrected chi connectivity index (χ0v) is 9.64. The molecule has 0 fully saturated rings. The van der Waals surface area contributed by atoms with Crippen molar-refractivity contribution in [1.82, 2.24) is 0 Å². The summed E-state index contributed by atoms with van der Waals surface area (Å²) >= 11 is 9.42. The van der Waals surface area contributed by atoms with Gasteiger partial charge in [0.05, 0.1) is 0 Å². The van der Waals surface area contributed by atoms with Crippen molar-refractivity contribution in [2.24, 2.45) is 0 Å². The lowest BCUT2D eigenvalue weighted by Gasteiger charge is -2.03. The van der Waals surface area contributed by atoms with Gasteiger partial charge in [-0.2, -0.15) is 0 Å². The third-order valence-electron chi connectivity index (χ3n) is 1.96. The highest BCUT2D eigenvalue weighted by Gasteiger charge is 2.01. The first-order chi connectivity index (χ1) is 6.77. The Morgan fingerprint density at radius 3 is 2.50 bits per heavy atom. The Labute approximate surface area is 96.7 Å². The van der Waals surface area contributed by atoms with Crippen LogP contribution in [-0.2, 0) is 0 Å². The normalized spacial score (nSPS) is 10.1. The molecule has 2 heteroatoms. The monoisotopic (exact) mass is 265 g/mol.